The van der Waals surface area contributed by atoms with Gasteiger partial charge in [0.1, 0.15) is 12.4 Å². The second-order valence-electron chi connectivity index (χ2n) is 6.87. The van der Waals surface area contributed by atoms with Crippen LogP contribution in [0.1, 0.15) is 35.2 Å². The Kier molecular flexibility index (Phi) is 11.6. The van der Waals surface area contributed by atoms with E-state index in [1.54, 1.807) is 24.3 Å². The van der Waals surface area contributed by atoms with Crippen LogP contribution >= 0.6 is 11.8 Å². The zero-order valence-electron chi connectivity index (χ0n) is 18.4. The molecule has 0 bridgehead atoms. The number of ether oxygens (including phenoxy) is 1. The molecule has 0 saturated heterocycles. The lowest BCUT2D eigenvalue weighted by atomic mass is 10.2. The Morgan fingerprint density at radius 2 is 1.65 bits per heavy atom. The van der Waals surface area contributed by atoms with Crippen molar-refractivity contribution in [3.8, 4) is 17.6 Å². The topological polar surface area (TPSA) is 46.5 Å². The van der Waals surface area contributed by atoms with Gasteiger partial charge in [0.25, 0.3) is 0 Å². The molecular weight excluding hydrogens is 461 g/mol. The van der Waals surface area contributed by atoms with Gasteiger partial charge in [-0.25, -0.2) is 4.79 Å². The number of rotatable bonds is 11. The lowest BCUT2D eigenvalue weighted by molar-refractivity contribution is -0.137. The van der Waals surface area contributed by atoms with Crippen molar-refractivity contribution >= 4 is 17.7 Å². The van der Waals surface area contributed by atoms with Crippen LogP contribution in [0.15, 0.2) is 89.9 Å². The zero-order chi connectivity index (χ0) is 24.7. The molecule has 7 heteroatoms. The third-order valence-corrected chi connectivity index (χ3v) is 5.27. The summed E-state index contributed by atoms with van der Waals surface area (Å²) in [6, 6.07) is 11.7. The van der Waals surface area contributed by atoms with Crippen molar-refractivity contribution in [3.63, 3.8) is 0 Å². The molecule has 0 amide bonds. The molecule has 0 unspecified atom stereocenters. The molecule has 0 radical (unpaired) electrons. The Labute approximate surface area is 202 Å². The fraction of sp³-hybridized carbons (Fsp3) is 0.222. The smallest absolute Gasteiger partial charge is 0.416 e. The largest absolute Gasteiger partial charge is 0.490 e. The maximum atomic E-state index is 12.7. The van der Waals surface area contributed by atoms with Crippen LogP contribution < -0.4 is 4.74 Å². The summed E-state index contributed by atoms with van der Waals surface area (Å²) in [4.78, 5) is 11.9. The second kappa shape index (κ2) is 14.7. The number of carboxylic acid groups (broad SMARTS) is 1. The minimum absolute atomic E-state index is 0.187. The van der Waals surface area contributed by atoms with Crippen molar-refractivity contribution in [2.45, 2.75) is 30.3 Å². The SMILES string of the molecule is O=C(O)c1ccccc1SCC#CC/C=C\C/C=C\C/C=C\COc1cccc(C(F)(F)F)c1. The van der Waals surface area contributed by atoms with Gasteiger partial charge in [0.05, 0.1) is 16.9 Å². The van der Waals surface area contributed by atoms with Gasteiger partial charge in [-0.05, 0) is 43.2 Å². The summed E-state index contributed by atoms with van der Waals surface area (Å²) in [6.07, 6.45) is 9.38. The Hall–Kier alpha value is -3.37. The summed E-state index contributed by atoms with van der Waals surface area (Å²) in [5.41, 5.74) is -0.435. The third kappa shape index (κ3) is 10.5. The number of hydrogen-bond acceptors (Lipinski definition) is 3. The van der Waals surface area contributed by atoms with E-state index in [1.807, 2.05) is 36.4 Å². The molecule has 0 fully saturated rings. The van der Waals surface area contributed by atoms with Gasteiger partial charge in [-0.3, -0.25) is 0 Å². The molecule has 34 heavy (non-hydrogen) atoms. The predicted octanol–water partition coefficient (Wildman–Crippen LogP) is 7.42. The van der Waals surface area contributed by atoms with Gasteiger partial charge in [-0.1, -0.05) is 66.5 Å². The third-order valence-electron chi connectivity index (χ3n) is 4.31. The Morgan fingerprint density at radius 3 is 2.38 bits per heavy atom. The van der Waals surface area contributed by atoms with Crippen molar-refractivity contribution in [3.05, 3.63) is 96.1 Å². The van der Waals surface area contributed by atoms with Gasteiger partial charge in [-0.2, -0.15) is 13.2 Å². The minimum atomic E-state index is -4.38. The molecule has 0 aliphatic rings. The van der Waals surface area contributed by atoms with Crippen LogP contribution in [0.25, 0.3) is 0 Å². The quantitative estimate of drug-likeness (QED) is 0.204. The summed E-state index contributed by atoms with van der Waals surface area (Å²) >= 11 is 1.41. The maximum Gasteiger partial charge on any atom is 0.416 e. The zero-order valence-corrected chi connectivity index (χ0v) is 19.2. The molecule has 3 nitrogen and oxygen atoms in total. The summed E-state index contributed by atoms with van der Waals surface area (Å²) in [7, 11) is 0. The number of allylic oxidation sites excluding steroid dienone is 5. The molecule has 0 aliphatic heterocycles. The summed E-state index contributed by atoms with van der Waals surface area (Å²) < 4.78 is 43.3. The van der Waals surface area contributed by atoms with E-state index in [-0.39, 0.29) is 12.4 Å². The van der Waals surface area contributed by atoms with Crippen LogP contribution in [0.3, 0.4) is 0 Å². The second-order valence-corrected chi connectivity index (χ2v) is 7.89. The average Bonchev–Trinajstić information content (AvgIpc) is 2.81. The van der Waals surface area contributed by atoms with Gasteiger partial charge < -0.3 is 9.84 Å². The van der Waals surface area contributed by atoms with E-state index in [1.165, 1.54) is 23.9 Å². The Balaban J connectivity index is 1.57. The molecule has 2 aromatic carbocycles. The van der Waals surface area contributed by atoms with E-state index in [0.29, 0.717) is 29.1 Å². The maximum absolute atomic E-state index is 12.7. The standard InChI is InChI=1S/C27H25F3O3S/c28-27(29,30)22-15-14-16-23(21-22)33-19-12-8-6-4-2-1-3-5-7-9-13-20-34-25-18-11-10-17-24(25)26(31)32/h2-5,8,10-12,14-18,21H,1,6-7,19-20H2,(H,31,32)/b4-2-,5-3-,12-8-. The Morgan fingerprint density at radius 1 is 0.941 bits per heavy atom. The van der Waals surface area contributed by atoms with Gasteiger partial charge >= 0.3 is 12.1 Å². The number of benzene rings is 2. The van der Waals surface area contributed by atoms with E-state index in [9.17, 15) is 18.0 Å². The predicted molar refractivity (Wildman–Crippen MR) is 130 cm³/mol. The average molecular weight is 487 g/mol. The number of aromatic carboxylic acids is 1. The van der Waals surface area contributed by atoms with Crippen LogP contribution in [0.5, 0.6) is 5.75 Å². The summed E-state index contributed by atoms with van der Waals surface area (Å²) in [5, 5.41) is 9.15. The van der Waals surface area contributed by atoms with Crippen LogP contribution in [0.2, 0.25) is 0 Å². The molecular formula is C27H25F3O3S. The lowest BCUT2D eigenvalue weighted by Crippen LogP contribution is -2.05. The first-order valence-electron chi connectivity index (χ1n) is 10.5. The lowest BCUT2D eigenvalue weighted by Gasteiger charge is -2.08. The Bertz CT molecular complexity index is 1080. The molecule has 0 aliphatic carbocycles. The highest BCUT2D eigenvalue weighted by Gasteiger charge is 2.30. The minimum Gasteiger partial charge on any atom is -0.490 e. The van der Waals surface area contributed by atoms with Crippen molar-refractivity contribution in [2.75, 3.05) is 12.4 Å². The number of halogens is 3. The number of alkyl halides is 3. The molecule has 1 N–H and O–H groups in total. The van der Waals surface area contributed by atoms with E-state index < -0.39 is 17.7 Å². The highest BCUT2D eigenvalue weighted by molar-refractivity contribution is 7.99. The van der Waals surface area contributed by atoms with Crippen LogP contribution in [0.4, 0.5) is 13.2 Å². The number of carboxylic acids is 1. The van der Waals surface area contributed by atoms with E-state index in [2.05, 4.69) is 11.8 Å². The van der Waals surface area contributed by atoms with Crippen LogP contribution in [-0.2, 0) is 6.18 Å². The number of hydrogen-bond donors (Lipinski definition) is 1. The fourth-order valence-corrected chi connectivity index (χ4v) is 3.48. The normalized spacial score (nSPS) is 11.7. The van der Waals surface area contributed by atoms with E-state index >= 15 is 0 Å². The molecule has 0 spiro atoms. The molecule has 178 valence electrons. The van der Waals surface area contributed by atoms with E-state index in [0.717, 1.165) is 18.6 Å². The molecule has 2 rings (SSSR count). The van der Waals surface area contributed by atoms with Crippen LogP contribution in [-0.4, -0.2) is 23.4 Å². The molecule has 0 heterocycles. The van der Waals surface area contributed by atoms with Gasteiger partial charge in [-0.15, -0.1) is 11.8 Å². The summed E-state index contributed by atoms with van der Waals surface area (Å²) in [5.74, 6) is 5.84. The first kappa shape index (κ1) is 26.9. The monoisotopic (exact) mass is 486 g/mol. The summed E-state index contributed by atoms with van der Waals surface area (Å²) in [6.45, 7) is 0.202. The van der Waals surface area contributed by atoms with E-state index in [4.69, 9.17) is 9.84 Å². The molecule has 0 saturated carbocycles. The highest BCUT2D eigenvalue weighted by Crippen LogP contribution is 2.31. The number of thioether (sulfide) groups is 1. The number of carbonyl (C=O) groups is 1. The highest BCUT2D eigenvalue weighted by atomic mass is 32.2. The van der Waals surface area contributed by atoms with Crippen molar-refractivity contribution in [2.24, 2.45) is 0 Å². The van der Waals surface area contributed by atoms with Crippen molar-refractivity contribution in [1.82, 2.24) is 0 Å². The molecule has 2 aromatic rings. The van der Waals surface area contributed by atoms with Crippen molar-refractivity contribution < 1.29 is 27.8 Å². The molecule has 0 aromatic heterocycles. The fourth-order valence-electron chi connectivity index (χ4n) is 2.67. The first-order valence-corrected chi connectivity index (χ1v) is 11.5. The van der Waals surface area contributed by atoms with Crippen molar-refractivity contribution in [1.29, 1.82) is 0 Å². The van der Waals surface area contributed by atoms with Gasteiger partial charge in [0, 0.05) is 11.3 Å². The molecule has 0 atom stereocenters. The van der Waals surface area contributed by atoms with Gasteiger partial charge in [0.15, 0.2) is 0 Å². The first-order chi connectivity index (χ1) is 16.4. The van der Waals surface area contributed by atoms with Gasteiger partial charge in [0.2, 0.25) is 0 Å². The van der Waals surface area contributed by atoms with Crippen LogP contribution in [0, 0.1) is 11.8 Å².